The van der Waals surface area contributed by atoms with Gasteiger partial charge in [-0.3, -0.25) is 9.36 Å². The number of alkyl halides is 2. The summed E-state index contributed by atoms with van der Waals surface area (Å²) in [6.07, 6.45) is 1.91. The first-order valence-electron chi connectivity index (χ1n) is 8.39. The van der Waals surface area contributed by atoms with Gasteiger partial charge in [-0.15, -0.1) is 11.3 Å². The van der Waals surface area contributed by atoms with Crippen LogP contribution in [0.15, 0.2) is 35.0 Å². The van der Waals surface area contributed by atoms with Gasteiger partial charge in [0.2, 0.25) is 0 Å². The van der Waals surface area contributed by atoms with E-state index in [9.17, 15) is 13.6 Å². The first-order valence-corrected chi connectivity index (χ1v) is 9.27. The van der Waals surface area contributed by atoms with Crippen LogP contribution in [0.5, 0.6) is 0 Å². The molecule has 0 bridgehead atoms. The molecule has 3 aromatic heterocycles. The van der Waals surface area contributed by atoms with Crippen molar-refractivity contribution in [3.8, 4) is 0 Å². The molecule has 4 rings (SSSR count). The Morgan fingerprint density at radius 3 is 2.77 bits per heavy atom. The molecule has 1 fully saturated rings. The second-order valence-corrected chi connectivity index (χ2v) is 7.28. The van der Waals surface area contributed by atoms with E-state index in [0.717, 1.165) is 48.0 Å². The third kappa shape index (κ3) is 3.31. The van der Waals surface area contributed by atoms with Gasteiger partial charge in [-0.2, -0.15) is 0 Å². The zero-order valence-corrected chi connectivity index (χ0v) is 14.7. The lowest BCUT2D eigenvalue weighted by atomic mass is 9.96. The minimum absolute atomic E-state index is 0.309. The number of halogens is 2. The molecule has 0 aromatic carbocycles. The summed E-state index contributed by atoms with van der Waals surface area (Å²) in [4.78, 5) is 26.6. The van der Waals surface area contributed by atoms with Gasteiger partial charge >= 0.3 is 0 Å². The smallest absolute Gasteiger partial charge is 0.280 e. The molecule has 0 atom stereocenters. The van der Waals surface area contributed by atoms with Crippen molar-refractivity contribution in [2.75, 3.05) is 18.0 Å². The molecule has 4 heterocycles. The highest BCUT2D eigenvalue weighted by Crippen LogP contribution is 2.31. The zero-order chi connectivity index (χ0) is 18.1. The number of rotatable bonds is 4. The second-order valence-electron chi connectivity index (χ2n) is 6.37. The van der Waals surface area contributed by atoms with Gasteiger partial charge < -0.3 is 4.90 Å². The van der Waals surface area contributed by atoms with Gasteiger partial charge in [0.1, 0.15) is 17.8 Å². The maximum atomic E-state index is 12.6. The van der Waals surface area contributed by atoms with Crippen molar-refractivity contribution in [3.05, 3.63) is 46.2 Å². The lowest BCUT2D eigenvalue weighted by molar-refractivity contribution is 0.145. The Kier molecular flexibility index (Phi) is 4.62. The summed E-state index contributed by atoms with van der Waals surface area (Å²) in [5.41, 5.74) is 0.0671. The van der Waals surface area contributed by atoms with Gasteiger partial charge in [0.15, 0.2) is 0 Å². The normalized spacial score (nSPS) is 15.9. The molecular formula is C17H17F2N5OS. The van der Waals surface area contributed by atoms with Crippen LogP contribution in [0, 0.1) is 5.92 Å². The molecule has 1 aliphatic heterocycles. The van der Waals surface area contributed by atoms with Crippen molar-refractivity contribution >= 4 is 27.4 Å². The van der Waals surface area contributed by atoms with Crippen LogP contribution in [0.25, 0.3) is 10.2 Å². The van der Waals surface area contributed by atoms with E-state index in [1.54, 1.807) is 17.7 Å². The number of aromatic nitrogens is 4. The molecule has 6 nitrogen and oxygen atoms in total. The van der Waals surface area contributed by atoms with Gasteiger partial charge in [0.05, 0.1) is 16.5 Å². The molecule has 0 saturated carbocycles. The molecule has 1 aliphatic rings. The number of nitrogens with zero attached hydrogens (tertiary/aromatic N) is 5. The first kappa shape index (κ1) is 17.0. The standard InChI is InChI=1S/C17H17F2N5OS/c18-16(19)13-7-14(25)24(10-22-13)8-11-1-4-23(5-2-11)17-15-12(3-6-26-15)20-9-21-17/h3,6-7,9-11,16H,1-2,4-5,8H2. The van der Waals surface area contributed by atoms with Crippen molar-refractivity contribution in [2.45, 2.75) is 25.8 Å². The predicted molar refractivity (Wildman–Crippen MR) is 95.8 cm³/mol. The number of fused-ring (bicyclic) bond motifs is 1. The van der Waals surface area contributed by atoms with Crippen LogP contribution in [0.4, 0.5) is 14.6 Å². The Morgan fingerprint density at radius 1 is 1.23 bits per heavy atom. The van der Waals surface area contributed by atoms with Crippen molar-refractivity contribution in [1.82, 2.24) is 19.5 Å². The fourth-order valence-electron chi connectivity index (χ4n) is 3.30. The fourth-order valence-corrected chi connectivity index (χ4v) is 4.16. The minimum Gasteiger partial charge on any atom is -0.355 e. The predicted octanol–water partition coefficient (Wildman–Crippen LogP) is 3.10. The zero-order valence-electron chi connectivity index (χ0n) is 13.9. The maximum Gasteiger partial charge on any atom is 0.280 e. The molecule has 0 N–H and O–H groups in total. The van der Waals surface area contributed by atoms with Crippen molar-refractivity contribution < 1.29 is 8.78 Å². The van der Waals surface area contributed by atoms with E-state index in [4.69, 9.17) is 0 Å². The summed E-state index contributed by atoms with van der Waals surface area (Å²) in [5, 5.41) is 2.01. The Bertz CT molecular complexity index is 965. The van der Waals surface area contributed by atoms with E-state index in [1.807, 2.05) is 11.4 Å². The minimum atomic E-state index is -2.72. The van der Waals surface area contributed by atoms with Crippen LogP contribution in [0.2, 0.25) is 0 Å². The molecule has 1 saturated heterocycles. The summed E-state index contributed by atoms with van der Waals surface area (Å²) in [6.45, 7) is 2.18. The van der Waals surface area contributed by atoms with Crippen molar-refractivity contribution in [1.29, 1.82) is 0 Å². The van der Waals surface area contributed by atoms with Crippen LogP contribution in [-0.4, -0.2) is 32.6 Å². The number of thiophene rings is 1. The third-order valence-corrected chi connectivity index (χ3v) is 5.62. The lowest BCUT2D eigenvalue weighted by Gasteiger charge is -2.33. The van der Waals surface area contributed by atoms with E-state index in [-0.39, 0.29) is 0 Å². The average molecular weight is 377 g/mol. The molecule has 136 valence electrons. The van der Waals surface area contributed by atoms with Crippen molar-refractivity contribution in [2.24, 2.45) is 5.92 Å². The largest absolute Gasteiger partial charge is 0.355 e. The SMILES string of the molecule is O=c1cc(C(F)F)ncn1CC1CCN(c2ncnc3ccsc23)CC1. The average Bonchev–Trinajstić information content (AvgIpc) is 3.13. The van der Waals surface area contributed by atoms with Gasteiger partial charge in [0.25, 0.3) is 12.0 Å². The lowest BCUT2D eigenvalue weighted by Crippen LogP contribution is -2.37. The van der Waals surface area contributed by atoms with E-state index in [0.29, 0.717) is 12.5 Å². The maximum absolute atomic E-state index is 12.6. The molecule has 26 heavy (non-hydrogen) atoms. The Balaban J connectivity index is 1.43. The third-order valence-electron chi connectivity index (χ3n) is 4.72. The summed E-state index contributed by atoms with van der Waals surface area (Å²) < 4.78 is 27.7. The topological polar surface area (TPSA) is 63.9 Å². The van der Waals surface area contributed by atoms with Crippen molar-refractivity contribution in [3.63, 3.8) is 0 Å². The number of piperidine rings is 1. The molecular weight excluding hydrogens is 360 g/mol. The highest BCUT2D eigenvalue weighted by Gasteiger charge is 2.23. The highest BCUT2D eigenvalue weighted by molar-refractivity contribution is 7.17. The molecule has 0 aliphatic carbocycles. The fraction of sp³-hybridized carbons (Fsp3) is 0.412. The summed E-state index contributed by atoms with van der Waals surface area (Å²) in [6, 6.07) is 2.91. The second kappa shape index (κ2) is 7.06. The molecule has 9 heteroatoms. The Morgan fingerprint density at radius 2 is 2.04 bits per heavy atom. The molecule has 0 amide bonds. The van der Waals surface area contributed by atoms with Crippen LogP contribution in [-0.2, 0) is 6.54 Å². The molecule has 3 aromatic rings. The number of hydrogen-bond donors (Lipinski definition) is 0. The molecule has 0 spiro atoms. The number of hydrogen-bond acceptors (Lipinski definition) is 6. The highest BCUT2D eigenvalue weighted by atomic mass is 32.1. The van der Waals surface area contributed by atoms with E-state index in [2.05, 4.69) is 19.9 Å². The van der Waals surface area contributed by atoms with Crippen LogP contribution in [0.3, 0.4) is 0 Å². The first-order chi connectivity index (χ1) is 12.6. The van der Waals surface area contributed by atoms with Crippen LogP contribution in [0.1, 0.15) is 25.0 Å². The quantitative estimate of drug-likeness (QED) is 0.699. The Hall–Kier alpha value is -2.42. The van der Waals surface area contributed by atoms with Gasteiger partial charge in [-0.25, -0.2) is 23.7 Å². The van der Waals surface area contributed by atoms with E-state index in [1.165, 1.54) is 10.9 Å². The van der Waals surface area contributed by atoms with Crippen LogP contribution >= 0.6 is 11.3 Å². The molecule has 0 unspecified atom stereocenters. The monoisotopic (exact) mass is 377 g/mol. The van der Waals surface area contributed by atoms with E-state index < -0.39 is 17.7 Å². The molecule has 0 radical (unpaired) electrons. The van der Waals surface area contributed by atoms with Crippen LogP contribution < -0.4 is 10.5 Å². The summed E-state index contributed by atoms with van der Waals surface area (Å²) in [5.74, 6) is 1.27. The summed E-state index contributed by atoms with van der Waals surface area (Å²) in [7, 11) is 0. The summed E-state index contributed by atoms with van der Waals surface area (Å²) >= 11 is 1.63. The van der Waals surface area contributed by atoms with E-state index >= 15 is 0 Å². The van der Waals surface area contributed by atoms with Gasteiger partial charge in [0, 0.05) is 25.7 Å². The van der Waals surface area contributed by atoms with Gasteiger partial charge in [-0.05, 0) is 30.2 Å². The van der Waals surface area contributed by atoms with Gasteiger partial charge in [-0.1, -0.05) is 0 Å². The Labute approximate surface area is 152 Å². The number of anilines is 1.